The van der Waals surface area contributed by atoms with Gasteiger partial charge in [0, 0.05) is 55.1 Å². The first-order valence-electron chi connectivity index (χ1n) is 12.2. The van der Waals surface area contributed by atoms with Crippen LogP contribution in [0, 0.1) is 18.6 Å². The summed E-state index contributed by atoms with van der Waals surface area (Å²) in [5.74, 6) is -2.04. The zero-order chi connectivity index (χ0) is 25.1. The molecule has 0 aliphatic carbocycles. The molecule has 0 saturated carbocycles. The molecule has 1 amide bonds. The lowest BCUT2D eigenvalue weighted by molar-refractivity contribution is 0.102. The van der Waals surface area contributed by atoms with E-state index in [1.165, 1.54) is 17.8 Å². The largest absolute Gasteiger partial charge is 0.368 e. The number of halogens is 4. The fourth-order valence-corrected chi connectivity index (χ4v) is 4.69. The molecule has 3 aromatic carbocycles. The molecule has 200 valence electrons. The molecule has 1 N–H and O–H groups in total. The number of carbonyl (C=O) groups excluding carboxylic acids is 1. The van der Waals surface area contributed by atoms with E-state index in [4.69, 9.17) is 0 Å². The number of nitrogens with one attached hydrogen (secondary N) is 1. The first kappa shape index (κ1) is 29.3. The predicted molar refractivity (Wildman–Crippen MR) is 154 cm³/mol. The highest BCUT2D eigenvalue weighted by molar-refractivity contribution is 6.04. The molecule has 0 bridgehead atoms. The number of benzene rings is 3. The molecule has 9 heteroatoms. The molecule has 5 rings (SSSR count). The van der Waals surface area contributed by atoms with Gasteiger partial charge in [-0.1, -0.05) is 30.3 Å². The van der Waals surface area contributed by atoms with Gasteiger partial charge in [0.2, 0.25) is 0 Å². The Morgan fingerprint density at radius 1 is 0.895 bits per heavy atom. The Hall–Kier alpha value is -3.26. The van der Waals surface area contributed by atoms with Gasteiger partial charge in [0.05, 0.1) is 5.52 Å². The van der Waals surface area contributed by atoms with Crippen molar-refractivity contribution in [2.75, 3.05) is 42.9 Å². The van der Waals surface area contributed by atoms with Crippen LogP contribution in [0.4, 0.5) is 20.2 Å². The van der Waals surface area contributed by atoms with Crippen molar-refractivity contribution in [3.8, 4) is 0 Å². The van der Waals surface area contributed by atoms with Crippen molar-refractivity contribution < 1.29 is 13.6 Å². The summed E-state index contributed by atoms with van der Waals surface area (Å²) < 4.78 is 29.5. The van der Waals surface area contributed by atoms with Gasteiger partial charge in [0.25, 0.3) is 5.91 Å². The van der Waals surface area contributed by atoms with E-state index in [0.717, 1.165) is 42.8 Å². The van der Waals surface area contributed by atoms with Crippen molar-refractivity contribution in [3.63, 3.8) is 0 Å². The van der Waals surface area contributed by atoms with Gasteiger partial charge >= 0.3 is 0 Å². The van der Waals surface area contributed by atoms with Crippen molar-refractivity contribution in [3.05, 3.63) is 101 Å². The number of aryl methyl sites for hydroxylation is 1. The van der Waals surface area contributed by atoms with Crippen LogP contribution >= 0.6 is 24.8 Å². The van der Waals surface area contributed by atoms with Crippen molar-refractivity contribution in [1.82, 2.24) is 9.88 Å². The number of pyridine rings is 1. The molecule has 1 fully saturated rings. The maximum atomic E-state index is 15.1. The minimum absolute atomic E-state index is 0. The summed E-state index contributed by atoms with van der Waals surface area (Å²) in [4.78, 5) is 21.7. The zero-order valence-electron chi connectivity index (χ0n) is 21.0. The predicted octanol–water partition coefficient (Wildman–Crippen LogP) is 6.28. The number of carbonyl (C=O) groups is 1. The van der Waals surface area contributed by atoms with Gasteiger partial charge < -0.3 is 10.2 Å². The van der Waals surface area contributed by atoms with E-state index >= 15 is 4.39 Å². The van der Waals surface area contributed by atoms with Crippen LogP contribution in [-0.4, -0.2) is 48.5 Å². The molecular formula is C29H30Cl2F2N4O. The maximum absolute atomic E-state index is 15.1. The summed E-state index contributed by atoms with van der Waals surface area (Å²) in [6, 6.07) is 21.4. The third-order valence-corrected chi connectivity index (χ3v) is 6.70. The van der Waals surface area contributed by atoms with Gasteiger partial charge in [0.15, 0.2) is 5.82 Å². The number of nitrogens with zero attached hydrogens (tertiary/aromatic N) is 3. The molecule has 1 saturated heterocycles. The second kappa shape index (κ2) is 13.0. The Kier molecular flexibility index (Phi) is 10.0. The minimum atomic E-state index is -0.783. The van der Waals surface area contributed by atoms with Gasteiger partial charge in [-0.25, -0.2) is 8.78 Å². The molecule has 0 radical (unpaired) electrons. The van der Waals surface area contributed by atoms with Gasteiger partial charge in [-0.15, -0.1) is 24.8 Å². The average Bonchev–Trinajstić information content (AvgIpc) is 2.91. The Bertz CT molecular complexity index is 1400. The smallest absolute Gasteiger partial charge is 0.255 e. The third-order valence-electron chi connectivity index (χ3n) is 6.70. The normalized spacial score (nSPS) is 13.5. The quantitative estimate of drug-likeness (QED) is 0.302. The Morgan fingerprint density at radius 3 is 2.37 bits per heavy atom. The van der Waals surface area contributed by atoms with Crippen molar-refractivity contribution in [2.45, 2.75) is 13.3 Å². The highest BCUT2D eigenvalue weighted by Crippen LogP contribution is 2.27. The lowest BCUT2D eigenvalue weighted by Gasteiger charge is -2.36. The molecule has 1 aromatic heterocycles. The molecule has 5 nitrogen and oxygen atoms in total. The van der Waals surface area contributed by atoms with Crippen LogP contribution in [0.3, 0.4) is 0 Å². The van der Waals surface area contributed by atoms with E-state index in [1.54, 1.807) is 30.3 Å². The third kappa shape index (κ3) is 6.41. The number of piperazine rings is 1. The van der Waals surface area contributed by atoms with E-state index in [1.807, 2.05) is 25.1 Å². The summed E-state index contributed by atoms with van der Waals surface area (Å²) in [6.07, 6.45) is 0.428. The van der Waals surface area contributed by atoms with Crippen molar-refractivity contribution in [2.24, 2.45) is 0 Å². The lowest BCUT2D eigenvalue weighted by atomic mass is 10.1. The van der Waals surface area contributed by atoms with Crippen LogP contribution in [0.15, 0.2) is 72.8 Å². The number of fused-ring (bicyclic) bond motifs is 1. The van der Waals surface area contributed by atoms with E-state index in [9.17, 15) is 9.18 Å². The highest BCUT2D eigenvalue weighted by atomic mass is 35.5. The Balaban J connectivity index is 0.00000200. The number of amides is 1. The van der Waals surface area contributed by atoms with Crippen LogP contribution in [-0.2, 0) is 6.42 Å². The second-order valence-corrected chi connectivity index (χ2v) is 9.09. The summed E-state index contributed by atoms with van der Waals surface area (Å²) >= 11 is 0. The molecule has 0 atom stereocenters. The van der Waals surface area contributed by atoms with Crippen LogP contribution < -0.4 is 10.2 Å². The van der Waals surface area contributed by atoms with E-state index in [2.05, 4.69) is 32.2 Å². The summed E-state index contributed by atoms with van der Waals surface area (Å²) in [5.41, 5.74) is 3.51. The van der Waals surface area contributed by atoms with Crippen LogP contribution in [0.25, 0.3) is 10.9 Å². The molecular weight excluding hydrogens is 529 g/mol. The Morgan fingerprint density at radius 2 is 1.63 bits per heavy atom. The monoisotopic (exact) mass is 558 g/mol. The molecule has 1 aliphatic heterocycles. The molecule has 1 aliphatic rings. The van der Waals surface area contributed by atoms with Crippen LogP contribution in [0.1, 0.15) is 21.6 Å². The van der Waals surface area contributed by atoms with Gasteiger partial charge in [-0.3, -0.25) is 14.7 Å². The Labute approximate surface area is 233 Å². The number of anilines is 2. The second-order valence-electron chi connectivity index (χ2n) is 9.09. The molecule has 2 heterocycles. The number of hydrogen-bond donors (Lipinski definition) is 1. The van der Waals surface area contributed by atoms with Crippen LogP contribution in [0.5, 0.6) is 0 Å². The molecule has 0 spiro atoms. The summed E-state index contributed by atoms with van der Waals surface area (Å²) in [7, 11) is 0. The van der Waals surface area contributed by atoms with E-state index in [-0.39, 0.29) is 24.8 Å². The number of rotatable bonds is 6. The first-order chi connectivity index (χ1) is 17.5. The van der Waals surface area contributed by atoms with E-state index in [0.29, 0.717) is 24.1 Å². The standard InChI is InChI=1S/C29H28F2N4O.2ClH/c1-20-10-12-23-25(32-20)8-5-9-26(23)35-18-16-34(17-19-35)15-14-21-11-13-24(30)28(27(21)31)33-29(36)22-6-3-2-4-7-22;;/h2-13H,14-19H2,1H3,(H,33,36);2*1H. The highest BCUT2D eigenvalue weighted by Gasteiger charge is 2.21. The van der Waals surface area contributed by atoms with Crippen LogP contribution in [0.2, 0.25) is 0 Å². The van der Waals surface area contributed by atoms with Gasteiger partial charge in [0.1, 0.15) is 11.5 Å². The molecule has 0 unspecified atom stereocenters. The summed E-state index contributed by atoms with van der Waals surface area (Å²) in [5, 5.41) is 3.55. The minimum Gasteiger partial charge on any atom is -0.368 e. The SMILES string of the molecule is Cc1ccc2c(N3CCN(CCc4ccc(F)c(NC(=O)c5ccccc5)c4F)CC3)cccc2n1.Cl.Cl. The van der Waals surface area contributed by atoms with E-state index < -0.39 is 23.2 Å². The fraction of sp³-hybridized carbons (Fsp3) is 0.241. The van der Waals surface area contributed by atoms with Gasteiger partial charge in [-0.05, 0) is 61.4 Å². The summed E-state index contributed by atoms with van der Waals surface area (Å²) in [6.45, 7) is 6.05. The van der Waals surface area contributed by atoms with Crippen molar-refractivity contribution in [1.29, 1.82) is 0 Å². The zero-order valence-corrected chi connectivity index (χ0v) is 22.6. The number of hydrogen-bond acceptors (Lipinski definition) is 4. The fourth-order valence-electron chi connectivity index (χ4n) is 4.69. The lowest BCUT2D eigenvalue weighted by Crippen LogP contribution is -2.47. The number of aromatic nitrogens is 1. The first-order valence-corrected chi connectivity index (χ1v) is 12.2. The topological polar surface area (TPSA) is 48.5 Å². The average molecular weight is 559 g/mol. The molecule has 4 aromatic rings. The van der Waals surface area contributed by atoms with Gasteiger partial charge in [-0.2, -0.15) is 0 Å². The molecule has 38 heavy (non-hydrogen) atoms. The maximum Gasteiger partial charge on any atom is 0.255 e. The van der Waals surface area contributed by atoms with Crippen molar-refractivity contribution >= 4 is 53.0 Å².